The van der Waals surface area contributed by atoms with Gasteiger partial charge >= 0.3 is 21.1 Å². The Labute approximate surface area is 57.9 Å². The largest absolute Gasteiger partial charge is 2.00 e. The van der Waals surface area contributed by atoms with Gasteiger partial charge in [-0.15, -0.1) is 7.05 Å². The van der Waals surface area contributed by atoms with Crippen LogP contribution >= 0.6 is 0 Å². The van der Waals surface area contributed by atoms with Gasteiger partial charge in [-0.25, -0.2) is 0 Å². The molecule has 40 valence electrons. The first-order chi connectivity index (χ1) is 2.81. The van der Waals surface area contributed by atoms with Gasteiger partial charge in [0.15, 0.2) is 0 Å². The summed E-state index contributed by atoms with van der Waals surface area (Å²) >= 11 is 0. The SMILES string of the molecule is CCC(=O)[N-]C.[W+2]. The second-order valence-electron chi connectivity index (χ2n) is 0.971. The van der Waals surface area contributed by atoms with Crippen molar-refractivity contribution in [2.45, 2.75) is 13.3 Å². The molecule has 0 unspecified atom stereocenters. The standard InChI is InChI=1S/C4H9NO.W/c1-3-4(6)5-2;/h3H2,1-2H3,(H,5,6);/q;+2/p-1. The summed E-state index contributed by atoms with van der Waals surface area (Å²) in [5.74, 6) is -0.0324. The second-order valence-corrected chi connectivity index (χ2v) is 0.971. The van der Waals surface area contributed by atoms with E-state index in [4.69, 9.17) is 0 Å². The number of nitrogens with zero attached hydrogens (tertiary/aromatic N) is 1. The summed E-state index contributed by atoms with van der Waals surface area (Å²) < 4.78 is 0. The van der Waals surface area contributed by atoms with Crippen LogP contribution in [0.25, 0.3) is 5.32 Å². The Morgan fingerprint density at radius 1 is 1.71 bits per heavy atom. The van der Waals surface area contributed by atoms with E-state index in [1.165, 1.54) is 7.05 Å². The Morgan fingerprint density at radius 3 is 2.14 bits per heavy atom. The minimum atomic E-state index is -0.0324. The summed E-state index contributed by atoms with van der Waals surface area (Å²) in [5, 5.41) is 3.37. The zero-order valence-electron chi connectivity index (χ0n) is 4.47. The molecule has 0 N–H and O–H groups in total. The quantitative estimate of drug-likeness (QED) is 0.697. The Bertz CT molecular complexity index is 49.7. The summed E-state index contributed by atoms with van der Waals surface area (Å²) in [6.45, 7) is 1.79. The van der Waals surface area contributed by atoms with E-state index < -0.39 is 0 Å². The molecule has 0 saturated heterocycles. The fourth-order valence-electron chi connectivity index (χ4n) is 0.158. The smallest absolute Gasteiger partial charge is 0.656 e. The van der Waals surface area contributed by atoms with Gasteiger partial charge in [-0.3, -0.25) is 0 Å². The molecule has 0 atom stereocenters. The van der Waals surface area contributed by atoms with Crippen LogP contribution in [-0.2, 0) is 25.9 Å². The molecule has 0 fully saturated rings. The molecule has 0 saturated carbocycles. The summed E-state index contributed by atoms with van der Waals surface area (Å²) in [6.07, 6.45) is 0.524. The van der Waals surface area contributed by atoms with E-state index in [0.29, 0.717) is 6.42 Å². The van der Waals surface area contributed by atoms with Gasteiger partial charge in [0.25, 0.3) is 0 Å². The molecule has 0 radical (unpaired) electrons. The van der Waals surface area contributed by atoms with E-state index in [1.807, 2.05) is 0 Å². The molecule has 0 aromatic carbocycles. The number of hydrogen-bond acceptors (Lipinski definition) is 1. The van der Waals surface area contributed by atoms with Crippen molar-refractivity contribution < 1.29 is 25.9 Å². The number of carbonyl (C=O) groups is 1. The molecular formula is C4H8NOW+. The van der Waals surface area contributed by atoms with Crippen LogP contribution in [0.15, 0.2) is 0 Å². The molecule has 7 heavy (non-hydrogen) atoms. The van der Waals surface area contributed by atoms with Gasteiger partial charge in [0, 0.05) is 0 Å². The summed E-state index contributed by atoms with van der Waals surface area (Å²) in [7, 11) is 1.51. The molecule has 0 aliphatic carbocycles. The van der Waals surface area contributed by atoms with Crippen LogP contribution in [0.4, 0.5) is 0 Å². The van der Waals surface area contributed by atoms with Crippen LogP contribution in [0.1, 0.15) is 13.3 Å². The van der Waals surface area contributed by atoms with Crippen molar-refractivity contribution >= 4 is 5.91 Å². The van der Waals surface area contributed by atoms with E-state index in [1.54, 1.807) is 6.92 Å². The third-order valence-corrected chi connectivity index (χ3v) is 0.552. The minimum Gasteiger partial charge on any atom is -0.656 e. The topological polar surface area (TPSA) is 31.2 Å². The first-order valence-electron chi connectivity index (χ1n) is 1.94. The van der Waals surface area contributed by atoms with E-state index in [2.05, 4.69) is 5.32 Å². The van der Waals surface area contributed by atoms with Crippen LogP contribution in [0.3, 0.4) is 0 Å². The predicted octanol–water partition coefficient (Wildman–Crippen LogP) is 0.924. The fraction of sp³-hybridized carbons (Fsp3) is 0.750. The van der Waals surface area contributed by atoms with Crippen LogP contribution in [0.5, 0.6) is 0 Å². The van der Waals surface area contributed by atoms with Crippen molar-refractivity contribution in [3.05, 3.63) is 5.32 Å². The average Bonchev–Trinajstić information content (AvgIpc) is 1.65. The van der Waals surface area contributed by atoms with Gasteiger partial charge in [-0.05, 0) is 6.42 Å². The first-order valence-corrected chi connectivity index (χ1v) is 1.94. The molecule has 0 aliphatic heterocycles. The zero-order chi connectivity index (χ0) is 4.99. The fourth-order valence-corrected chi connectivity index (χ4v) is 0.158. The van der Waals surface area contributed by atoms with Gasteiger partial charge in [0.1, 0.15) is 0 Å². The van der Waals surface area contributed by atoms with Gasteiger partial charge in [-0.2, -0.15) is 0 Å². The van der Waals surface area contributed by atoms with Crippen molar-refractivity contribution in [3.8, 4) is 0 Å². The summed E-state index contributed by atoms with van der Waals surface area (Å²) in [5.41, 5.74) is 0. The number of hydrogen-bond donors (Lipinski definition) is 0. The van der Waals surface area contributed by atoms with Crippen molar-refractivity contribution in [2.24, 2.45) is 0 Å². The minimum absolute atomic E-state index is 0. The van der Waals surface area contributed by atoms with E-state index >= 15 is 0 Å². The maximum Gasteiger partial charge on any atom is 2.00 e. The molecule has 0 heterocycles. The third kappa shape index (κ3) is 6.16. The number of carbonyl (C=O) groups excluding carboxylic acids is 1. The van der Waals surface area contributed by atoms with Gasteiger partial charge < -0.3 is 10.1 Å². The second kappa shape index (κ2) is 6.16. The van der Waals surface area contributed by atoms with Crippen molar-refractivity contribution in [1.29, 1.82) is 0 Å². The molecule has 0 aliphatic rings. The molecular weight excluding hydrogens is 262 g/mol. The van der Waals surface area contributed by atoms with Crippen molar-refractivity contribution in [2.75, 3.05) is 7.05 Å². The monoisotopic (exact) mass is 270 g/mol. The molecule has 1 amide bonds. The summed E-state index contributed by atoms with van der Waals surface area (Å²) in [4.78, 5) is 10.0. The average molecular weight is 270 g/mol. The first kappa shape index (κ1) is 10.2. The Hall–Kier alpha value is 0.158. The molecule has 2 nitrogen and oxygen atoms in total. The predicted molar refractivity (Wildman–Crippen MR) is 24.6 cm³/mol. The molecule has 0 spiro atoms. The normalized spacial score (nSPS) is 6.57. The van der Waals surface area contributed by atoms with E-state index in [-0.39, 0.29) is 27.0 Å². The zero-order valence-corrected chi connectivity index (χ0v) is 7.40. The third-order valence-electron chi connectivity index (χ3n) is 0.552. The molecule has 0 bridgehead atoms. The Morgan fingerprint density at radius 2 is 2.14 bits per heavy atom. The Balaban J connectivity index is 0. The number of rotatable bonds is 1. The molecule has 0 aromatic heterocycles. The van der Waals surface area contributed by atoms with Crippen molar-refractivity contribution in [1.82, 2.24) is 0 Å². The maximum atomic E-state index is 10.0. The maximum absolute atomic E-state index is 10.0. The van der Waals surface area contributed by atoms with Crippen LogP contribution in [0.2, 0.25) is 0 Å². The summed E-state index contributed by atoms with van der Waals surface area (Å²) in [6, 6.07) is 0. The van der Waals surface area contributed by atoms with Crippen LogP contribution in [0, 0.1) is 0 Å². The van der Waals surface area contributed by atoms with E-state index in [0.717, 1.165) is 0 Å². The van der Waals surface area contributed by atoms with Gasteiger partial charge in [0.2, 0.25) is 0 Å². The van der Waals surface area contributed by atoms with Crippen molar-refractivity contribution in [3.63, 3.8) is 0 Å². The Kier molecular flexibility index (Phi) is 8.98. The van der Waals surface area contributed by atoms with Crippen LogP contribution < -0.4 is 0 Å². The van der Waals surface area contributed by atoms with Gasteiger partial charge in [0.05, 0.1) is 5.91 Å². The van der Waals surface area contributed by atoms with Gasteiger partial charge in [-0.1, -0.05) is 6.92 Å². The molecule has 3 heteroatoms. The van der Waals surface area contributed by atoms with Crippen LogP contribution in [-0.4, -0.2) is 13.0 Å². The molecule has 0 aromatic rings. The van der Waals surface area contributed by atoms with E-state index in [9.17, 15) is 4.79 Å². The molecule has 0 rings (SSSR count). The number of amides is 1.